The summed E-state index contributed by atoms with van der Waals surface area (Å²) >= 11 is 0. The molecule has 0 saturated carbocycles. The highest BCUT2D eigenvalue weighted by molar-refractivity contribution is 5.84. The molecule has 20 heavy (non-hydrogen) atoms. The van der Waals surface area contributed by atoms with E-state index in [0.29, 0.717) is 0 Å². The first kappa shape index (κ1) is 17.4. The first-order valence-electron chi connectivity index (χ1n) is 7.70. The second-order valence-corrected chi connectivity index (χ2v) is 6.84. The molecule has 3 N–H and O–H groups in total. The minimum atomic E-state index is -0.573. The van der Waals surface area contributed by atoms with Gasteiger partial charge in [0.05, 0.1) is 5.54 Å². The van der Waals surface area contributed by atoms with Gasteiger partial charge in [0.25, 0.3) is 0 Å². The number of rotatable bonds is 7. The molecule has 1 saturated heterocycles. The molecule has 0 spiro atoms. The second kappa shape index (κ2) is 6.87. The molecule has 1 amide bonds. The first-order valence-corrected chi connectivity index (χ1v) is 7.70. The first-order chi connectivity index (χ1) is 9.21. The van der Waals surface area contributed by atoms with Crippen molar-refractivity contribution in [1.82, 2.24) is 15.1 Å². The van der Waals surface area contributed by atoms with Gasteiger partial charge in [-0.25, -0.2) is 0 Å². The molecule has 1 atom stereocenters. The van der Waals surface area contributed by atoms with E-state index in [1.54, 1.807) is 0 Å². The molecule has 1 rings (SSSR count). The summed E-state index contributed by atoms with van der Waals surface area (Å²) in [5.74, 6) is -0.252. The van der Waals surface area contributed by atoms with Gasteiger partial charge in [0.15, 0.2) is 0 Å². The van der Waals surface area contributed by atoms with Gasteiger partial charge >= 0.3 is 0 Å². The van der Waals surface area contributed by atoms with Gasteiger partial charge in [0, 0.05) is 25.2 Å². The van der Waals surface area contributed by atoms with Crippen LogP contribution in [0.1, 0.15) is 40.5 Å². The van der Waals surface area contributed by atoms with Gasteiger partial charge in [0.2, 0.25) is 5.91 Å². The topological polar surface area (TPSA) is 61.6 Å². The smallest absolute Gasteiger partial charge is 0.237 e. The lowest BCUT2D eigenvalue weighted by molar-refractivity contribution is -0.124. The van der Waals surface area contributed by atoms with Crippen LogP contribution in [0.2, 0.25) is 0 Å². The Labute approximate surface area is 123 Å². The maximum absolute atomic E-state index is 11.6. The molecule has 1 fully saturated rings. The third kappa shape index (κ3) is 4.43. The Morgan fingerprint density at radius 1 is 1.40 bits per heavy atom. The van der Waals surface area contributed by atoms with Crippen LogP contribution in [0, 0.1) is 0 Å². The van der Waals surface area contributed by atoms with Crippen LogP contribution in [0.3, 0.4) is 0 Å². The van der Waals surface area contributed by atoms with Crippen LogP contribution in [0.4, 0.5) is 0 Å². The van der Waals surface area contributed by atoms with Crippen molar-refractivity contribution in [1.29, 1.82) is 0 Å². The zero-order valence-corrected chi connectivity index (χ0v) is 13.8. The fourth-order valence-corrected chi connectivity index (χ4v) is 2.88. The lowest BCUT2D eigenvalue weighted by Gasteiger charge is -2.45. The Bertz CT molecular complexity index is 332. The molecule has 0 radical (unpaired) electrons. The van der Waals surface area contributed by atoms with E-state index in [4.69, 9.17) is 5.73 Å². The number of likely N-dealkylation sites (N-methyl/N-ethyl adjacent to an activating group) is 2. The maximum Gasteiger partial charge on any atom is 0.237 e. The summed E-state index contributed by atoms with van der Waals surface area (Å²) in [6, 6.07) is 0. The van der Waals surface area contributed by atoms with Crippen LogP contribution in [0.25, 0.3) is 0 Å². The summed E-state index contributed by atoms with van der Waals surface area (Å²) in [7, 11) is 2.19. The van der Waals surface area contributed by atoms with Crippen molar-refractivity contribution in [2.75, 3.05) is 39.8 Å². The van der Waals surface area contributed by atoms with Crippen molar-refractivity contribution in [2.24, 2.45) is 5.73 Å². The quantitative estimate of drug-likeness (QED) is 0.720. The van der Waals surface area contributed by atoms with Gasteiger partial charge in [-0.2, -0.15) is 0 Å². The van der Waals surface area contributed by atoms with Crippen LogP contribution in [0.15, 0.2) is 0 Å². The zero-order chi connectivity index (χ0) is 15.4. The summed E-state index contributed by atoms with van der Waals surface area (Å²) in [5, 5.41) is 3.22. The number of amides is 1. The van der Waals surface area contributed by atoms with Crippen molar-refractivity contribution < 1.29 is 4.79 Å². The second-order valence-electron chi connectivity index (χ2n) is 6.84. The Hall–Kier alpha value is -0.650. The molecule has 118 valence electrons. The number of piperazine rings is 1. The molecular formula is C15H32N4O. The van der Waals surface area contributed by atoms with Gasteiger partial charge in [-0.3, -0.25) is 9.69 Å². The number of primary amides is 1. The minimum Gasteiger partial charge on any atom is -0.368 e. The van der Waals surface area contributed by atoms with Crippen molar-refractivity contribution in [3.8, 4) is 0 Å². The molecule has 0 bridgehead atoms. The van der Waals surface area contributed by atoms with Gasteiger partial charge in [-0.05, 0) is 53.8 Å². The van der Waals surface area contributed by atoms with E-state index in [1.807, 2.05) is 13.8 Å². The largest absolute Gasteiger partial charge is 0.368 e. The Morgan fingerprint density at radius 2 is 2.05 bits per heavy atom. The number of nitrogens with two attached hydrogens (primary N) is 1. The summed E-state index contributed by atoms with van der Waals surface area (Å²) in [5.41, 5.74) is 5.17. The highest BCUT2D eigenvalue weighted by Gasteiger charge is 2.32. The average molecular weight is 284 g/mol. The van der Waals surface area contributed by atoms with E-state index in [2.05, 4.69) is 36.0 Å². The molecule has 5 nitrogen and oxygen atoms in total. The Balaban J connectivity index is 2.42. The Morgan fingerprint density at radius 3 is 2.55 bits per heavy atom. The normalized spacial score (nSPS) is 23.4. The molecule has 0 aromatic rings. The molecule has 1 aliphatic heterocycles. The van der Waals surface area contributed by atoms with E-state index in [1.165, 1.54) is 0 Å². The standard InChI is InChI=1S/C15H32N4O/c1-6-17-15(4,13(16)20)8-7-9-19-11-10-18(5)14(2,3)12-19/h17H,6-12H2,1-5H3,(H2,16,20). The number of hydrogen-bond donors (Lipinski definition) is 2. The zero-order valence-electron chi connectivity index (χ0n) is 13.8. The van der Waals surface area contributed by atoms with E-state index in [0.717, 1.165) is 45.6 Å². The van der Waals surface area contributed by atoms with E-state index in [9.17, 15) is 4.79 Å². The molecule has 1 unspecified atom stereocenters. The molecule has 1 aliphatic rings. The van der Waals surface area contributed by atoms with Crippen LogP contribution in [-0.2, 0) is 4.79 Å². The number of hydrogen-bond acceptors (Lipinski definition) is 4. The lowest BCUT2D eigenvalue weighted by Crippen LogP contribution is -2.58. The molecule has 5 heteroatoms. The van der Waals surface area contributed by atoms with E-state index < -0.39 is 5.54 Å². The molecule has 0 aromatic heterocycles. The lowest BCUT2D eigenvalue weighted by atomic mass is 9.94. The van der Waals surface area contributed by atoms with Crippen molar-refractivity contribution >= 4 is 5.91 Å². The van der Waals surface area contributed by atoms with Gasteiger partial charge in [-0.15, -0.1) is 0 Å². The summed E-state index contributed by atoms with van der Waals surface area (Å²) < 4.78 is 0. The van der Waals surface area contributed by atoms with Gasteiger partial charge in [0.1, 0.15) is 0 Å². The maximum atomic E-state index is 11.6. The summed E-state index contributed by atoms with van der Waals surface area (Å²) in [6.07, 6.45) is 1.79. The van der Waals surface area contributed by atoms with E-state index >= 15 is 0 Å². The highest BCUT2D eigenvalue weighted by atomic mass is 16.1. The number of nitrogens with one attached hydrogen (secondary N) is 1. The average Bonchev–Trinajstić information content (AvgIpc) is 2.33. The van der Waals surface area contributed by atoms with Crippen LogP contribution in [-0.4, -0.2) is 66.6 Å². The van der Waals surface area contributed by atoms with Crippen LogP contribution < -0.4 is 11.1 Å². The van der Waals surface area contributed by atoms with Crippen molar-refractivity contribution in [3.05, 3.63) is 0 Å². The third-order valence-electron chi connectivity index (χ3n) is 4.66. The predicted molar refractivity (Wildman–Crippen MR) is 83.7 cm³/mol. The summed E-state index contributed by atoms with van der Waals surface area (Å²) in [6.45, 7) is 13.6. The minimum absolute atomic E-state index is 0.229. The molecule has 1 heterocycles. The van der Waals surface area contributed by atoms with Crippen molar-refractivity contribution in [3.63, 3.8) is 0 Å². The number of carbonyl (C=O) groups excluding carboxylic acids is 1. The van der Waals surface area contributed by atoms with Gasteiger partial charge in [-0.1, -0.05) is 6.92 Å². The summed E-state index contributed by atoms with van der Waals surface area (Å²) in [4.78, 5) is 16.5. The molecule has 0 aromatic carbocycles. The highest BCUT2D eigenvalue weighted by Crippen LogP contribution is 2.20. The third-order valence-corrected chi connectivity index (χ3v) is 4.66. The van der Waals surface area contributed by atoms with Gasteiger partial charge < -0.3 is 16.0 Å². The predicted octanol–water partition coefficient (Wildman–Crippen LogP) is 0.646. The fraction of sp³-hybridized carbons (Fsp3) is 0.933. The Kier molecular flexibility index (Phi) is 5.98. The number of nitrogens with zero attached hydrogens (tertiary/aromatic N) is 2. The SMILES string of the molecule is CCNC(C)(CCCN1CCN(C)C(C)(C)C1)C(N)=O. The number of carbonyl (C=O) groups is 1. The molecular weight excluding hydrogens is 252 g/mol. The van der Waals surface area contributed by atoms with Crippen LogP contribution in [0.5, 0.6) is 0 Å². The molecule has 0 aliphatic carbocycles. The van der Waals surface area contributed by atoms with E-state index in [-0.39, 0.29) is 11.4 Å². The van der Waals surface area contributed by atoms with Crippen molar-refractivity contribution in [2.45, 2.75) is 51.6 Å². The van der Waals surface area contributed by atoms with Crippen LogP contribution >= 0.6 is 0 Å². The monoisotopic (exact) mass is 284 g/mol. The fourth-order valence-electron chi connectivity index (χ4n) is 2.88.